The van der Waals surface area contributed by atoms with Crippen molar-refractivity contribution < 1.29 is 17.9 Å². The van der Waals surface area contributed by atoms with E-state index < -0.39 is 10.0 Å². The van der Waals surface area contributed by atoms with Crippen molar-refractivity contribution in [3.05, 3.63) is 18.0 Å². The minimum absolute atomic E-state index is 0.00442. The van der Waals surface area contributed by atoms with Crippen molar-refractivity contribution in [3.8, 4) is 0 Å². The Morgan fingerprint density at radius 3 is 2.68 bits per heavy atom. The first-order valence-electron chi connectivity index (χ1n) is 7.19. The maximum atomic E-state index is 12.1. The summed E-state index contributed by atoms with van der Waals surface area (Å²) >= 11 is 0. The minimum Gasteiger partial charge on any atom is -0.384 e. The molecule has 1 fully saturated rings. The van der Waals surface area contributed by atoms with E-state index in [1.807, 2.05) is 0 Å². The van der Waals surface area contributed by atoms with Crippen LogP contribution in [0, 0.1) is 0 Å². The zero-order chi connectivity index (χ0) is 16.2. The van der Waals surface area contributed by atoms with Crippen LogP contribution in [0.1, 0.15) is 23.3 Å². The van der Waals surface area contributed by atoms with E-state index in [4.69, 9.17) is 4.74 Å². The Kier molecular flexibility index (Phi) is 5.54. The zero-order valence-corrected chi connectivity index (χ0v) is 13.7. The van der Waals surface area contributed by atoms with Crippen LogP contribution >= 0.6 is 0 Å². The average Bonchev–Trinajstić information content (AvgIpc) is 2.92. The van der Waals surface area contributed by atoms with E-state index in [1.54, 1.807) is 19.3 Å². The maximum Gasteiger partial charge on any atom is 0.269 e. The lowest BCUT2D eigenvalue weighted by atomic mass is 10.1. The number of amides is 1. The van der Waals surface area contributed by atoms with Gasteiger partial charge in [-0.25, -0.2) is 12.7 Å². The van der Waals surface area contributed by atoms with Crippen molar-refractivity contribution in [3.63, 3.8) is 0 Å². The van der Waals surface area contributed by atoms with Crippen LogP contribution in [0.25, 0.3) is 0 Å². The lowest BCUT2D eigenvalue weighted by molar-refractivity contribution is 0.0914. The lowest BCUT2D eigenvalue weighted by Gasteiger charge is -2.31. The van der Waals surface area contributed by atoms with E-state index in [0.29, 0.717) is 31.6 Å². The Hall–Kier alpha value is -1.45. The summed E-state index contributed by atoms with van der Waals surface area (Å²) in [5.74, 6) is -0.184. The average molecular weight is 330 g/mol. The third kappa shape index (κ3) is 4.05. The first kappa shape index (κ1) is 16.9. The van der Waals surface area contributed by atoms with Gasteiger partial charge in [0.1, 0.15) is 5.69 Å². The van der Waals surface area contributed by atoms with E-state index in [2.05, 4.69) is 10.4 Å². The van der Waals surface area contributed by atoms with Crippen LogP contribution in [0.3, 0.4) is 0 Å². The van der Waals surface area contributed by atoms with Gasteiger partial charge in [0.2, 0.25) is 10.0 Å². The van der Waals surface area contributed by atoms with Gasteiger partial charge >= 0.3 is 0 Å². The molecule has 1 aromatic rings. The Bertz CT molecular complexity index is 605. The standard InChI is InChI=1S/C13H22N4O4S/c1-16-12(3-6-14-16)13(18)15-11-4-7-17(8-5-11)22(19,20)10-9-21-2/h3,6,11H,4-5,7-10H2,1-2H3,(H,15,18). The van der Waals surface area contributed by atoms with Crippen LogP contribution in [0.5, 0.6) is 0 Å². The van der Waals surface area contributed by atoms with Crippen molar-refractivity contribution in [1.29, 1.82) is 0 Å². The second kappa shape index (κ2) is 7.21. The highest BCUT2D eigenvalue weighted by molar-refractivity contribution is 7.89. The predicted octanol–water partition coefficient (Wildman–Crippen LogP) is -0.409. The van der Waals surface area contributed by atoms with Gasteiger partial charge in [-0.15, -0.1) is 0 Å². The summed E-state index contributed by atoms with van der Waals surface area (Å²) in [5.41, 5.74) is 0.496. The third-order valence-electron chi connectivity index (χ3n) is 3.78. The molecule has 0 spiro atoms. The maximum absolute atomic E-state index is 12.1. The molecule has 0 radical (unpaired) electrons. The second-order valence-corrected chi connectivity index (χ2v) is 7.38. The van der Waals surface area contributed by atoms with Crippen LogP contribution in [-0.2, 0) is 21.8 Å². The van der Waals surface area contributed by atoms with Gasteiger partial charge in [-0.1, -0.05) is 0 Å². The van der Waals surface area contributed by atoms with E-state index in [9.17, 15) is 13.2 Å². The molecular formula is C13H22N4O4S. The number of carbonyl (C=O) groups excluding carboxylic acids is 1. The number of rotatable bonds is 6. The van der Waals surface area contributed by atoms with Crippen LogP contribution in [0.4, 0.5) is 0 Å². The minimum atomic E-state index is -3.27. The summed E-state index contributed by atoms with van der Waals surface area (Å²) in [6.07, 6.45) is 2.78. The largest absolute Gasteiger partial charge is 0.384 e. The SMILES string of the molecule is COCCS(=O)(=O)N1CCC(NC(=O)c2ccnn2C)CC1. The molecule has 1 aromatic heterocycles. The van der Waals surface area contributed by atoms with Crippen LogP contribution in [0.15, 0.2) is 12.3 Å². The highest BCUT2D eigenvalue weighted by Gasteiger charge is 2.28. The number of aromatic nitrogens is 2. The zero-order valence-electron chi connectivity index (χ0n) is 12.9. The van der Waals surface area contributed by atoms with Crippen LogP contribution in [-0.4, -0.2) is 67.0 Å². The molecule has 0 aliphatic carbocycles. The molecule has 1 aliphatic rings. The Morgan fingerprint density at radius 1 is 1.45 bits per heavy atom. The number of aryl methyl sites for hydroxylation is 1. The Morgan fingerprint density at radius 2 is 2.14 bits per heavy atom. The molecule has 2 heterocycles. The van der Waals surface area contributed by atoms with Gasteiger partial charge in [0.05, 0.1) is 12.4 Å². The molecule has 2 rings (SSSR count). The summed E-state index contributed by atoms with van der Waals surface area (Å²) < 4.78 is 31.9. The molecule has 0 aromatic carbocycles. The number of hydrogen-bond donors (Lipinski definition) is 1. The van der Waals surface area contributed by atoms with Gasteiger partial charge in [0, 0.05) is 39.5 Å². The highest BCUT2D eigenvalue weighted by Crippen LogP contribution is 2.15. The van der Waals surface area contributed by atoms with Crippen molar-refractivity contribution >= 4 is 15.9 Å². The molecule has 1 saturated heterocycles. The molecule has 0 atom stereocenters. The van der Waals surface area contributed by atoms with Gasteiger partial charge in [0.25, 0.3) is 5.91 Å². The number of nitrogens with one attached hydrogen (secondary N) is 1. The van der Waals surface area contributed by atoms with Crippen LogP contribution < -0.4 is 5.32 Å². The van der Waals surface area contributed by atoms with Gasteiger partial charge in [-0.3, -0.25) is 9.48 Å². The van der Waals surface area contributed by atoms with Gasteiger partial charge < -0.3 is 10.1 Å². The summed E-state index contributed by atoms with van der Waals surface area (Å²) in [4.78, 5) is 12.1. The van der Waals surface area contributed by atoms with Crippen molar-refractivity contribution in [2.45, 2.75) is 18.9 Å². The fourth-order valence-electron chi connectivity index (χ4n) is 2.45. The molecule has 1 N–H and O–H groups in total. The number of nitrogens with zero attached hydrogens (tertiary/aromatic N) is 3. The first-order valence-corrected chi connectivity index (χ1v) is 8.80. The molecule has 0 bridgehead atoms. The number of ether oxygens (including phenoxy) is 1. The molecule has 9 heteroatoms. The fourth-order valence-corrected chi connectivity index (χ4v) is 3.85. The highest BCUT2D eigenvalue weighted by atomic mass is 32.2. The molecule has 124 valence electrons. The summed E-state index contributed by atoms with van der Waals surface area (Å²) in [6.45, 7) is 1.03. The van der Waals surface area contributed by atoms with E-state index in [0.717, 1.165) is 0 Å². The molecule has 22 heavy (non-hydrogen) atoms. The predicted molar refractivity (Wildman–Crippen MR) is 80.9 cm³/mol. The van der Waals surface area contributed by atoms with Crippen molar-refractivity contribution in [2.24, 2.45) is 7.05 Å². The summed E-state index contributed by atoms with van der Waals surface area (Å²) in [7, 11) is -0.0757. The monoisotopic (exact) mass is 330 g/mol. The molecular weight excluding hydrogens is 308 g/mol. The normalized spacial score (nSPS) is 17.5. The van der Waals surface area contributed by atoms with E-state index in [-0.39, 0.29) is 24.3 Å². The van der Waals surface area contributed by atoms with E-state index in [1.165, 1.54) is 16.1 Å². The smallest absolute Gasteiger partial charge is 0.269 e. The Balaban J connectivity index is 1.85. The lowest BCUT2D eigenvalue weighted by Crippen LogP contribution is -2.47. The van der Waals surface area contributed by atoms with E-state index >= 15 is 0 Å². The summed E-state index contributed by atoms with van der Waals surface area (Å²) in [5, 5.41) is 6.89. The topological polar surface area (TPSA) is 93.5 Å². The van der Waals surface area contributed by atoms with Gasteiger partial charge in [-0.2, -0.15) is 5.10 Å². The summed E-state index contributed by atoms with van der Waals surface area (Å²) in [6, 6.07) is 1.64. The van der Waals surface area contributed by atoms with Crippen molar-refractivity contribution in [1.82, 2.24) is 19.4 Å². The Labute approximate surface area is 130 Å². The number of carbonyl (C=O) groups is 1. The number of hydrogen-bond acceptors (Lipinski definition) is 5. The third-order valence-corrected chi connectivity index (χ3v) is 5.62. The van der Waals surface area contributed by atoms with Gasteiger partial charge in [-0.05, 0) is 18.9 Å². The molecule has 8 nitrogen and oxygen atoms in total. The van der Waals surface area contributed by atoms with Gasteiger partial charge in [0.15, 0.2) is 0 Å². The molecule has 0 saturated carbocycles. The molecule has 1 amide bonds. The molecule has 1 aliphatic heterocycles. The quantitative estimate of drug-likeness (QED) is 0.765. The number of methoxy groups -OCH3 is 1. The number of piperidine rings is 1. The van der Waals surface area contributed by atoms with Crippen molar-refractivity contribution in [2.75, 3.05) is 32.6 Å². The number of sulfonamides is 1. The molecule has 0 unspecified atom stereocenters. The second-order valence-electron chi connectivity index (χ2n) is 5.30. The first-order chi connectivity index (χ1) is 10.4. The fraction of sp³-hybridized carbons (Fsp3) is 0.692. The van der Waals surface area contributed by atoms with Crippen LogP contribution in [0.2, 0.25) is 0 Å².